The monoisotopic (exact) mass is 1080 g/mol. The van der Waals surface area contributed by atoms with E-state index in [1.807, 2.05) is 102 Å². The summed E-state index contributed by atoms with van der Waals surface area (Å²) >= 11 is 3.68. The molecule has 0 N–H and O–H groups in total. The van der Waals surface area contributed by atoms with Gasteiger partial charge >= 0.3 is 0 Å². The van der Waals surface area contributed by atoms with Gasteiger partial charge in [0, 0.05) is 79.3 Å². The lowest BCUT2D eigenvalue weighted by molar-refractivity contribution is 1.08. The van der Waals surface area contributed by atoms with E-state index in [4.69, 9.17) is 29.9 Å². The summed E-state index contributed by atoms with van der Waals surface area (Å²) in [7, 11) is 0. The van der Waals surface area contributed by atoms with Crippen molar-refractivity contribution in [3.8, 4) is 102 Å². The number of hydrogen-bond donors (Lipinski definition) is 0. The molecule has 4 heterocycles. The van der Waals surface area contributed by atoms with Crippen LogP contribution in [0.4, 0.5) is 0 Å². The topological polar surface area (TPSA) is 77.3 Å². The summed E-state index contributed by atoms with van der Waals surface area (Å²) in [5.41, 5.74) is 12.6. The first-order chi connectivity index (χ1) is 40.6. The van der Waals surface area contributed by atoms with Crippen molar-refractivity contribution in [1.82, 2.24) is 29.9 Å². The summed E-state index contributed by atoms with van der Waals surface area (Å²) in [4.78, 5) is 30.9. The highest BCUT2D eigenvalue weighted by Gasteiger charge is 2.21. The van der Waals surface area contributed by atoms with Crippen molar-refractivity contribution in [2.75, 3.05) is 0 Å². The van der Waals surface area contributed by atoms with Crippen molar-refractivity contribution >= 4 is 84.6 Å². The second-order valence-corrected chi connectivity index (χ2v) is 22.6. The van der Waals surface area contributed by atoms with Crippen LogP contribution in [0, 0.1) is 0 Å². The van der Waals surface area contributed by atoms with Crippen LogP contribution >= 0.6 is 22.7 Å². The highest BCUT2D eigenvalue weighted by atomic mass is 32.1. The Morgan fingerprint density at radius 2 is 0.598 bits per heavy atom. The van der Waals surface area contributed by atoms with Gasteiger partial charge in [-0.05, 0) is 91.8 Å². The second-order valence-electron chi connectivity index (χ2n) is 20.5. The summed E-state index contributed by atoms with van der Waals surface area (Å²) < 4.78 is 5.04. The van der Waals surface area contributed by atoms with E-state index in [-0.39, 0.29) is 0 Å². The van der Waals surface area contributed by atoms with Crippen LogP contribution in [0.3, 0.4) is 0 Å². The average molecular weight is 1080 g/mol. The Labute approximate surface area is 480 Å². The zero-order valence-electron chi connectivity index (χ0n) is 43.9. The van der Waals surface area contributed by atoms with Crippen LogP contribution in [0.15, 0.2) is 267 Å². The van der Waals surface area contributed by atoms with Gasteiger partial charge in [0.25, 0.3) is 0 Å². The lowest BCUT2D eigenvalue weighted by Crippen LogP contribution is -2.01. The molecule has 12 aromatic carbocycles. The molecule has 0 atom stereocenters. The minimum Gasteiger partial charge on any atom is -0.208 e. The largest absolute Gasteiger partial charge is 0.208 e. The summed E-state index contributed by atoms with van der Waals surface area (Å²) in [5, 5.41) is 9.48. The SMILES string of the molecule is c1ccc(-c2nc(-c3ccccc3)nc(-c3ccc(-c4ccc5sc6cc(-c7cccc(-c8nc(-c9ccccc9)nc(-c9ccc(-c%10cccc%11c%10sc%10ccccc%10%11)c%10ccccc9%10)n8)c7)ccc6c5c4)c4ccccc34)n2)cc1. The van der Waals surface area contributed by atoms with E-state index in [1.165, 1.54) is 51.5 Å². The maximum Gasteiger partial charge on any atom is 0.164 e. The van der Waals surface area contributed by atoms with Crippen molar-refractivity contribution in [2.24, 2.45) is 0 Å². The van der Waals surface area contributed by atoms with Gasteiger partial charge in [-0.25, -0.2) is 29.9 Å². The van der Waals surface area contributed by atoms with E-state index >= 15 is 0 Å². The predicted molar refractivity (Wildman–Crippen MR) is 343 cm³/mol. The number of fused-ring (bicyclic) bond motifs is 8. The molecule has 0 aliphatic heterocycles. The van der Waals surface area contributed by atoms with Crippen LogP contribution in [0.1, 0.15) is 0 Å². The molecule has 4 aromatic heterocycles. The van der Waals surface area contributed by atoms with Gasteiger partial charge in [-0.2, -0.15) is 0 Å². The quantitative estimate of drug-likeness (QED) is 0.143. The van der Waals surface area contributed by atoms with Crippen LogP contribution in [0.5, 0.6) is 0 Å². The first-order valence-electron chi connectivity index (χ1n) is 27.3. The third kappa shape index (κ3) is 8.31. The van der Waals surface area contributed by atoms with Crippen molar-refractivity contribution in [3.63, 3.8) is 0 Å². The molecular formula is C74H44N6S2. The highest BCUT2D eigenvalue weighted by Crippen LogP contribution is 2.45. The van der Waals surface area contributed by atoms with E-state index in [0.29, 0.717) is 34.9 Å². The molecule has 0 aliphatic rings. The van der Waals surface area contributed by atoms with E-state index in [2.05, 4.69) is 188 Å². The smallest absolute Gasteiger partial charge is 0.164 e. The Kier molecular flexibility index (Phi) is 11.5. The van der Waals surface area contributed by atoms with Crippen molar-refractivity contribution in [1.29, 1.82) is 0 Å². The van der Waals surface area contributed by atoms with Crippen LogP contribution in [-0.2, 0) is 0 Å². The normalized spacial score (nSPS) is 11.7. The van der Waals surface area contributed by atoms with E-state index in [1.54, 1.807) is 0 Å². The predicted octanol–water partition coefficient (Wildman–Crippen LogP) is 20.1. The van der Waals surface area contributed by atoms with E-state index in [0.717, 1.165) is 77.2 Å². The molecule has 0 amide bonds. The molecule has 0 aliphatic carbocycles. The fourth-order valence-electron chi connectivity index (χ4n) is 11.7. The molecule has 0 fully saturated rings. The maximum atomic E-state index is 5.32. The Bertz CT molecular complexity index is 5110. The summed E-state index contributed by atoms with van der Waals surface area (Å²) in [6.07, 6.45) is 0. The van der Waals surface area contributed by atoms with E-state index in [9.17, 15) is 0 Å². The first-order valence-corrected chi connectivity index (χ1v) is 29.0. The minimum atomic E-state index is 0.618. The number of nitrogens with zero attached hydrogens (tertiary/aromatic N) is 6. The molecule has 0 radical (unpaired) electrons. The number of hydrogen-bond acceptors (Lipinski definition) is 8. The Hall–Kier alpha value is -10.4. The molecule has 16 aromatic rings. The summed E-state index contributed by atoms with van der Waals surface area (Å²) in [6.45, 7) is 0. The van der Waals surface area contributed by atoms with Crippen molar-refractivity contribution in [3.05, 3.63) is 267 Å². The molecule has 82 heavy (non-hydrogen) atoms. The van der Waals surface area contributed by atoms with Crippen molar-refractivity contribution in [2.45, 2.75) is 0 Å². The summed E-state index contributed by atoms with van der Waals surface area (Å²) in [6, 6.07) is 94.2. The Morgan fingerprint density at radius 3 is 1.22 bits per heavy atom. The molecule has 0 bridgehead atoms. The van der Waals surface area contributed by atoms with Crippen LogP contribution < -0.4 is 0 Å². The molecule has 16 rings (SSSR count). The molecule has 0 spiro atoms. The van der Waals surface area contributed by atoms with Gasteiger partial charge in [0.2, 0.25) is 0 Å². The lowest BCUT2D eigenvalue weighted by Gasteiger charge is -2.14. The van der Waals surface area contributed by atoms with Gasteiger partial charge in [0.15, 0.2) is 34.9 Å². The minimum absolute atomic E-state index is 0.618. The zero-order valence-corrected chi connectivity index (χ0v) is 45.5. The number of thiophene rings is 2. The third-order valence-electron chi connectivity index (χ3n) is 15.6. The van der Waals surface area contributed by atoms with Crippen molar-refractivity contribution < 1.29 is 0 Å². The number of aromatic nitrogens is 6. The standard InChI is InChI=1S/C74H44N6S2/c1-4-18-45(19-5-1)69-75-70(46-20-6-2-7-21-46)78-73(77-69)62-39-37-52(53-26-10-12-28-55(53)62)50-35-41-66-64(43-50)59-36-34-49(44-67(59)81-66)48-24-16-25-51(42-48)72-76-71(47-22-8-3-9-23-47)79-74(80-72)63-40-38-57(54-27-11-13-29-56(54)63)60-31-17-32-61-58-30-14-15-33-65(58)82-68(60)61/h1-44H. The average Bonchev–Trinajstić information content (AvgIpc) is 4.16. The Morgan fingerprint density at radius 1 is 0.183 bits per heavy atom. The maximum absolute atomic E-state index is 5.32. The molecule has 8 heteroatoms. The molecular weight excluding hydrogens is 1040 g/mol. The fraction of sp³-hybridized carbons (Fsp3) is 0. The Balaban J connectivity index is 0.755. The van der Waals surface area contributed by atoms with Gasteiger partial charge in [-0.3, -0.25) is 0 Å². The first kappa shape index (κ1) is 47.6. The fourth-order valence-corrected chi connectivity index (χ4v) is 14.0. The van der Waals surface area contributed by atoms with E-state index < -0.39 is 0 Å². The van der Waals surface area contributed by atoms with Crippen LogP contribution in [-0.4, -0.2) is 29.9 Å². The zero-order chi connectivity index (χ0) is 54.1. The van der Waals surface area contributed by atoms with Gasteiger partial charge in [-0.1, -0.05) is 224 Å². The highest BCUT2D eigenvalue weighted by molar-refractivity contribution is 7.26. The molecule has 382 valence electrons. The molecule has 0 unspecified atom stereocenters. The molecule has 0 saturated heterocycles. The summed E-state index contributed by atoms with van der Waals surface area (Å²) in [5.74, 6) is 3.79. The molecule has 6 nitrogen and oxygen atoms in total. The number of rotatable bonds is 9. The van der Waals surface area contributed by atoms with Crippen LogP contribution in [0.25, 0.3) is 164 Å². The third-order valence-corrected chi connectivity index (χ3v) is 18.0. The van der Waals surface area contributed by atoms with Gasteiger partial charge in [0.05, 0.1) is 0 Å². The second kappa shape index (κ2) is 19.8. The van der Waals surface area contributed by atoms with Gasteiger partial charge < -0.3 is 0 Å². The number of benzene rings is 12. The van der Waals surface area contributed by atoms with Crippen LogP contribution in [0.2, 0.25) is 0 Å². The lowest BCUT2D eigenvalue weighted by atomic mass is 9.93. The van der Waals surface area contributed by atoms with Gasteiger partial charge in [0.1, 0.15) is 0 Å². The molecule has 0 saturated carbocycles. The van der Waals surface area contributed by atoms with Gasteiger partial charge in [-0.15, -0.1) is 22.7 Å².